The third kappa shape index (κ3) is 1.53. The summed E-state index contributed by atoms with van der Waals surface area (Å²) in [6.07, 6.45) is 0.975. The lowest BCUT2D eigenvalue weighted by atomic mass is 9.79. The monoisotopic (exact) mass is 206 g/mol. The molecule has 1 aliphatic carbocycles. The number of hydrogen-bond acceptors (Lipinski definition) is 2. The van der Waals surface area contributed by atoms with Crippen LogP contribution in [0.25, 0.3) is 0 Å². The fourth-order valence-corrected chi connectivity index (χ4v) is 2.49. The van der Waals surface area contributed by atoms with Crippen molar-refractivity contribution in [1.29, 1.82) is 0 Å². The van der Waals surface area contributed by atoms with E-state index in [9.17, 15) is 5.11 Å². The van der Waals surface area contributed by atoms with Crippen molar-refractivity contribution in [1.82, 2.24) is 0 Å². The van der Waals surface area contributed by atoms with Gasteiger partial charge in [0.2, 0.25) is 0 Å². The van der Waals surface area contributed by atoms with Gasteiger partial charge in [0, 0.05) is 6.61 Å². The van der Waals surface area contributed by atoms with Gasteiger partial charge in [-0.25, -0.2) is 0 Å². The van der Waals surface area contributed by atoms with Gasteiger partial charge in [-0.15, -0.1) is 0 Å². The molecule has 0 aromatic heterocycles. The van der Waals surface area contributed by atoms with E-state index in [1.54, 1.807) is 7.11 Å². The number of ether oxygens (including phenoxy) is 1. The lowest BCUT2D eigenvalue weighted by molar-refractivity contribution is 0.180. The van der Waals surface area contributed by atoms with Crippen molar-refractivity contribution in [2.24, 2.45) is 5.92 Å². The second kappa shape index (κ2) is 3.53. The molecule has 2 rings (SSSR count). The van der Waals surface area contributed by atoms with Crippen LogP contribution in [0, 0.1) is 5.92 Å². The maximum absolute atomic E-state index is 9.37. The van der Waals surface area contributed by atoms with Crippen molar-refractivity contribution in [3.05, 3.63) is 29.3 Å². The van der Waals surface area contributed by atoms with Crippen LogP contribution in [0.3, 0.4) is 0 Å². The Bertz CT molecular complexity index is 369. The maximum atomic E-state index is 9.37. The van der Waals surface area contributed by atoms with Gasteiger partial charge in [-0.1, -0.05) is 19.9 Å². The predicted octanol–water partition coefficient (Wildman–Crippen LogP) is 2.14. The summed E-state index contributed by atoms with van der Waals surface area (Å²) in [5, 5.41) is 9.37. The van der Waals surface area contributed by atoms with Gasteiger partial charge in [0.15, 0.2) is 0 Å². The van der Waals surface area contributed by atoms with Gasteiger partial charge in [0.1, 0.15) is 5.75 Å². The summed E-state index contributed by atoms with van der Waals surface area (Å²) in [5.74, 6) is 1.24. The van der Waals surface area contributed by atoms with Crippen LogP contribution < -0.4 is 4.74 Å². The smallest absolute Gasteiger partial charge is 0.119 e. The van der Waals surface area contributed by atoms with Crippen molar-refractivity contribution in [3.8, 4) is 5.75 Å². The normalized spacial score (nSPS) is 22.5. The molecule has 1 N–H and O–H groups in total. The third-order valence-electron chi connectivity index (χ3n) is 3.72. The number of benzene rings is 1. The minimum Gasteiger partial charge on any atom is -0.497 e. The van der Waals surface area contributed by atoms with E-state index in [0.29, 0.717) is 5.92 Å². The van der Waals surface area contributed by atoms with E-state index in [2.05, 4.69) is 26.0 Å². The molecular weight excluding hydrogens is 188 g/mol. The molecule has 0 fully saturated rings. The molecule has 0 aliphatic heterocycles. The van der Waals surface area contributed by atoms with Gasteiger partial charge in [0.05, 0.1) is 7.11 Å². The molecule has 82 valence electrons. The second-order valence-corrected chi connectivity index (χ2v) is 4.83. The average molecular weight is 206 g/mol. The first-order chi connectivity index (χ1) is 7.09. The van der Waals surface area contributed by atoms with Gasteiger partial charge in [0.25, 0.3) is 0 Å². The van der Waals surface area contributed by atoms with Crippen LogP contribution in [0.4, 0.5) is 0 Å². The Morgan fingerprint density at radius 3 is 2.80 bits per heavy atom. The summed E-state index contributed by atoms with van der Waals surface area (Å²) in [6, 6.07) is 6.21. The van der Waals surface area contributed by atoms with Crippen LogP contribution in [0.15, 0.2) is 18.2 Å². The molecule has 1 aromatic carbocycles. The Morgan fingerprint density at radius 1 is 1.47 bits per heavy atom. The largest absolute Gasteiger partial charge is 0.497 e. The standard InChI is InChI=1S/C13H18O2/c1-13(2)10(8-14)6-9-4-5-11(15-3)7-12(9)13/h4-5,7,10,14H,6,8H2,1-3H3. The third-order valence-corrected chi connectivity index (χ3v) is 3.72. The van der Waals surface area contributed by atoms with Crippen LogP contribution in [0.1, 0.15) is 25.0 Å². The first kappa shape index (κ1) is 10.5. The molecule has 0 amide bonds. The molecule has 0 bridgehead atoms. The van der Waals surface area contributed by atoms with Gasteiger partial charge >= 0.3 is 0 Å². The summed E-state index contributed by atoms with van der Waals surface area (Å²) in [5.41, 5.74) is 2.72. The van der Waals surface area contributed by atoms with Crippen LogP contribution in [-0.2, 0) is 11.8 Å². The Morgan fingerprint density at radius 2 is 2.20 bits per heavy atom. The van der Waals surface area contributed by atoms with Crippen molar-refractivity contribution in [2.45, 2.75) is 25.7 Å². The lowest BCUT2D eigenvalue weighted by Gasteiger charge is -2.26. The number of fused-ring (bicyclic) bond motifs is 1. The minimum absolute atomic E-state index is 0.0542. The first-order valence-corrected chi connectivity index (χ1v) is 5.38. The first-order valence-electron chi connectivity index (χ1n) is 5.38. The molecule has 0 saturated carbocycles. The van der Waals surface area contributed by atoms with E-state index in [-0.39, 0.29) is 12.0 Å². The Hall–Kier alpha value is -1.02. The van der Waals surface area contributed by atoms with E-state index in [4.69, 9.17) is 4.74 Å². The van der Waals surface area contributed by atoms with Crippen LogP contribution >= 0.6 is 0 Å². The molecule has 1 atom stereocenters. The Kier molecular flexibility index (Phi) is 2.47. The highest BCUT2D eigenvalue weighted by molar-refractivity contribution is 5.44. The topological polar surface area (TPSA) is 29.5 Å². The summed E-state index contributed by atoms with van der Waals surface area (Å²) >= 11 is 0. The van der Waals surface area contributed by atoms with Crippen molar-refractivity contribution in [2.75, 3.05) is 13.7 Å². The van der Waals surface area contributed by atoms with Crippen molar-refractivity contribution in [3.63, 3.8) is 0 Å². The Balaban J connectivity index is 2.46. The molecule has 2 nitrogen and oxygen atoms in total. The van der Waals surface area contributed by atoms with E-state index in [1.807, 2.05) is 6.07 Å². The van der Waals surface area contributed by atoms with Gasteiger partial charge in [-0.2, -0.15) is 0 Å². The van der Waals surface area contributed by atoms with Gasteiger partial charge in [-0.05, 0) is 41.0 Å². The summed E-state index contributed by atoms with van der Waals surface area (Å²) in [6.45, 7) is 4.64. The molecule has 0 saturated heterocycles. The summed E-state index contributed by atoms with van der Waals surface area (Å²) in [7, 11) is 1.69. The predicted molar refractivity (Wildman–Crippen MR) is 60.3 cm³/mol. The van der Waals surface area contributed by atoms with Gasteiger partial charge < -0.3 is 9.84 Å². The van der Waals surface area contributed by atoms with Crippen molar-refractivity contribution < 1.29 is 9.84 Å². The summed E-state index contributed by atoms with van der Waals surface area (Å²) in [4.78, 5) is 0. The van der Waals surface area contributed by atoms with Crippen LogP contribution in [0.5, 0.6) is 5.75 Å². The van der Waals surface area contributed by atoms with Crippen LogP contribution in [-0.4, -0.2) is 18.8 Å². The molecule has 2 heteroatoms. The highest BCUT2D eigenvalue weighted by Crippen LogP contribution is 2.43. The molecule has 1 unspecified atom stereocenters. The molecule has 0 spiro atoms. The lowest BCUT2D eigenvalue weighted by Crippen LogP contribution is -2.26. The highest BCUT2D eigenvalue weighted by Gasteiger charge is 2.38. The molecule has 0 radical (unpaired) electrons. The zero-order valence-corrected chi connectivity index (χ0v) is 9.58. The maximum Gasteiger partial charge on any atom is 0.119 e. The number of aliphatic hydroxyl groups is 1. The highest BCUT2D eigenvalue weighted by atomic mass is 16.5. The molecule has 1 aromatic rings. The zero-order valence-electron chi connectivity index (χ0n) is 9.58. The molecule has 0 heterocycles. The number of methoxy groups -OCH3 is 1. The number of hydrogen-bond donors (Lipinski definition) is 1. The molecular formula is C13H18O2. The second-order valence-electron chi connectivity index (χ2n) is 4.83. The molecule has 15 heavy (non-hydrogen) atoms. The SMILES string of the molecule is COc1ccc2c(c1)C(C)(C)C(CO)C2. The Labute approximate surface area is 90.9 Å². The number of rotatable bonds is 2. The number of aliphatic hydroxyl groups excluding tert-OH is 1. The van der Waals surface area contributed by atoms with E-state index in [0.717, 1.165) is 12.2 Å². The van der Waals surface area contributed by atoms with E-state index < -0.39 is 0 Å². The summed E-state index contributed by atoms with van der Waals surface area (Å²) < 4.78 is 5.24. The van der Waals surface area contributed by atoms with Gasteiger partial charge in [-0.3, -0.25) is 0 Å². The van der Waals surface area contributed by atoms with Crippen LogP contribution in [0.2, 0.25) is 0 Å². The fourth-order valence-electron chi connectivity index (χ4n) is 2.49. The quantitative estimate of drug-likeness (QED) is 0.803. The minimum atomic E-state index is 0.0542. The molecule has 1 aliphatic rings. The van der Waals surface area contributed by atoms with E-state index >= 15 is 0 Å². The van der Waals surface area contributed by atoms with Crippen molar-refractivity contribution >= 4 is 0 Å². The zero-order chi connectivity index (χ0) is 11.1. The average Bonchev–Trinajstić information content (AvgIpc) is 2.50. The fraction of sp³-hybridized carbons (Fsp3) is 0.538. The van der Waals surface area contributed by atoms with E-state index in [1.165, 1.54) is 11.1 Å².